The molecule has 1 heterocycles. The molecule has 0 atom stereocenters. The first-order valence-electron chi connectivity index (χ1n) is 4.72. The molecule has 0 spiro atoms. The predicted octanol–water partition coefficient (Wildman–Crippen LogP) is 2.52. The van der Waals surface area contributed by atoms with Crippen LogP contribution in [0.5, 0.6) is 0 Å². The summed E-state index contributed by atoms with van der Waals surface area (Å²) in [7, 11) is 0. The summed E-state index contributed by atoms with van der Waals surface area (Å²) in [5.41, 5.74) is 2.20. The predicted molar refractivity (Wildman–Crippen MR) is 51.4 cm³/mol. The minimum Gasteiger partial charge on any atom is -0.440 e. The zero-order valence-corrected chi connectivity index (χ0v) is 7.56. The normalized spacial score (nSPS) is 16.0. The molecule has 0 saturated heterocycles. The summed E-state index contributed by atoms with van der Waals surface area (Å²) in [4.78, 5) is 14.9. The summed E-state index contributed by atoms with van der Waals surface area (Å²) in [6, 6.07) is 5.32. The molecular formula is C11H9NO2. The van der Waals surface area contributed by atoms with Gasteiger partial charge in [0.25, 0.3) is 0 Å². The maximum absolute atomic E-state index is 10.5. The van der Waals surface area contributed by atoms with Crippen molar-refractivity contribution in [1.29, 1.82) is 0 Å². The van der Waals surface area contributed by atoms with Crippen molar-refractivity contribution in [2.75, 3.05) is 0 Å². The highest BCUT2D eigenvalue weighted by Gasteiger charge is 2.28. The zero-order valence-electron chi connectivity index (χ0n) is 7.56. The fourth-order valence-corrected chi connectivity index (χ4v) is 1.54. The topological polar surface area (TPSA) is 43.1 Å². The molecule has 2 aromatic rings. The number of carbonyl (C=O) groups excluding carboxylic acids is 1. The van der Waals surface area contributed by atoms with E-state index >= 15 is 0 Å². The Morgan fingerprint density at radius 3 is 3.00 bits per heavy atom. The number of carbonyl (C=O) groups is 1. The van der Waals surface area contributed by atoms with Crippen LogP contribution in [0.2, 0.25) is 0 Å². The van der Waals surface area contributed by atoms with E-state index in [-0.39, 0.29) is 0 Å². The van der Waals surface area contributed by atoms with Crippen LogP contribution in [0.1, 0.15) is 35.0 Å². The molecule has 3 rings (SSSR count). The lowest BCUT2D eigenvalue weighted by Gasteiger charge is -1.87. The molecule has 3 heteroatoms. The van der Waals surface area contributed by atoms with Gasteiger partial charge in [-0.1, -0.05) is 0 Å². The molecule has 14 heavy (non-hydrogen) atoms. The van der Waals surface area contributed by atoms with Crippen molar-refractivity contribution in [3.63, 3.8) is 0 Å². The van der Waals surface area contributed by atoms with E-state index in [2.05, 4.69) is 4.98 Å². The third kappa shape index (κ3) is 1.13. The van der Waals surface area contributed by atoms with Crippen molar-refractivity contribution in [2.24, 2.45) is 0 Å². The number of aldehydes is 1. The van der Waals surface area contributed by atoms with Crippen molar-refractivity contribution in [2.45, 2.75) is 18.8 Å². The van der Waals surface area contributed by atoms with Gasteiger partial charge in [0, 0.05) is 11.5 Å². The van der Waals surface area contributed by atoms with Crippen molar-refractivity contribution >= 4 is 17.4 Å². The second kappa shape index (κ2) is 2.67. The van der Waals surface area contributed by atoms with E-state index in [4.69, 9.17) is 4.42 Å². The highest BCUT2D eigenvalue weighted by Crippen LogP contribution is 2.40. The molecule has 0 N–H and O–H groups in total. The van der Waals surface area contributed by atoms with Crippen LogP contribution in [0.4, 0.5) is 0 Å². The summed E-state index contributed by atoms with van der Waals surface area (Å²) in [6.07, 6.45) is 3.17. The highest BCUT2D eigenvalue weighted by atomic mass is 16.3. The number of fused-ring (bicyclic) bond motifs is 1. The number of hydrogen-bond acceptors (Lipinski definition) is 3. The maximum atomic E-state index is 10.5. The Bertz CT molecular complexity index is 497. The van der Waals surface area contributed by atoms with E-state index in [0.717, 1.165) is 23.3 Å². The fraction of sp³-hybridized carbons (Fsp3) is 0.273. The van der Waals surface area contributed by atoms with Gasteiger partial charge >= 0.3 is 0 Å². The molecule has 0 bridgehead atoms. The van der Waals surface area contributed by atoms with Crippen molar-refractivity contribution in [1.82, 2.24) is 4.98 Å². The van der Waals surface area contributed by atoms with E-state index in [1.807, 2.05) is 6.07 Å². The molecular weight excluding hydrogens is 178 g/mol. The Kier molecular flexibility index (Phi) is 1.48. The second-order valence-electron chi connectivity index (χ2n) is 3.67. The summed E-state index contributed by atoms with van der Waals surface area (Å²) in [5.74, 6) is 1.34. The zero-order chi connectivity index (χ0) is 9.54. The van der Waals surface area contributed by atoms with Crippen molar-refractivity contribution in [3.05, 3.63) is 29.7 Å². The number of benzene rings is 1. The van der Waals surface area contributed by atoms with Gasteiger partial charge in [-0.15, -0.1) is 0 Å². The van der Waals surface area contributed by atoms with E-state index in [1.54, 1.807) is 12.1 Å². The average Bonchev–Trinajstić information content (AvgIpc) is 2.97. The van der Waals surface area contributed by atoms with E-state index in [0.29, 0.717) is 11.5 Å². The largest absolute Gasteiger partial charge is 0.440 e. The third-order valence-electron chi connectivity index (χ3n) is 2.49. The van der Waals surface area contributed by atoms with E-state index < -0.39 is 0 Å². The van der Waals surface area contributed by atoms with Gasteiger partial charge in [-0.25, -0.2) is 4.98 Å². The monoisotopic (exact) mass is 187 g/mol. The number of hydrogen-bond donors (Lipinski definition) is 0. The fourth-order valence-electron chi connectivity index (χ4n) is 1.54. The van der Waals surface area contributed by atoms with E-state index in [1.165, 1.54) is 12.8 Å². The Morgan fingerprint density at radius 1 is 1.43 bits per heavy atom. The van der Waals surface area contributed by atoms with Gasteiger partial charge in [-0.3, -0.25) is 4.79 Å². The molecule has 1 aliphatic rings. The van der Waals surface area contributed by atoms with Gasteiger partial charge < -0.3 is 4.42 Å². The van der Waals surface area contributed by atoms with Crippen LogP contribution >= 0.6 is 0 Å². The molecule has 1 saturated carbocycles. The number of rotatable bonds is 2. The van der Waals surface area contributed by atoms with Gasteiger partial charge in [0.05, 0.1) is 0 Å². The van der Waals surface area contributed by atoms with E-state index in [9.17, 15) is 4.79 Å². The lowest BCUT2D eigenvalue weighted by atomic mass is 10.2. The Labute approximate surface area is 80.7 Å². The smallest absolute Gasteiger partial charge is 0.198 e. The maximum Gasteiger partial charge on any atom is 0.198 e. The van der Waals surface area contributed by atoms with Gasteiger partial charge in [0.15, 0.2) is 11.5 Å². The van der Waals surface area contributed by atoms with Crippen LogP contribution in [0.15, 0.2) is 22.6 Å². The molecule has 0 amide bonds. The summed E-state index contributed by atoms with van der Waals surface area (Å²) in [5, 5.41) is 0. The third-order valence-corrected chi connectivity index (χ3v) is 2.49. The molecule has 0 unspecified atom stereocenters. The average molecular weight is 187 g/mol. The summed E-state index contributed by atoms with van der Waals surface area (Å²) >= 11 is 0. The van der Waals surface area contributed by atoms with Crippen LogP contribution in [0.25, 0.3) is 11.1 Å². The minimum absolute atomic E-state index is 0.516. The van der Waals surface area contributed by atoms with Crippen molar-refractivity contribution in [3.8, 4) is 0 Å². The van der Waals surface area contributed by atoms with Crippen molar-refractivity contribution < 1.29 is 9.21 Å². The summed E-state index contributed by atoms with van der Waals surface area (Å²) < 4.78 is 5.56. The molecule has 70 valence electrons. The molecule has 1 aliphatic carbocycles. The van der Waals surface area contributed by atoms with Crippen LogP contribution in [-0.4, -0.2) is 11.3 Å². The highest BCUT2D eigenvalue weighted by molar-refractivity contribution is 5.83. The van der Waals surface area contributed by atoms with Gasteiger partial charge in [0.1, 0.15) is 11.8 Å². The molecule has 0 aliphatic heterocycles. The van der Waals surface area contributed by atoms with Gasteiger partial charge in [-0.05, 0) is 31.0 Å². The molecule has 0 radical (unpaired) electrons. The molecule has 1 aromatic heterocycles. The molecule has 1 fully saturated rings. The number of nitrogens with zero attached hydrogens (tertiary/aromatic N) is 1. The molecule has 1 aromatic carbocycles. The lowest BCUT2D eigenvalue weighted by Crippen LogP contribution is -1.77. The quantitative estimate of drug-likeness (QED) is 0.678. The Morgan fingerprint density at radius 2 is 2.29 bits per heavy atom. The van der Waals surface area contributed by atoms with Crippen LogP contribution < -0.4 is 0 Å². The summed E-state index contributed by atoms with van der Waals surface area (Å²) in [6.45, 7) is 0. The van der Waals surface area contributed by atoms with Crippen LogP contribution in [-0.2, 0) is 0 Å². The first-order valence-corrected chi connectivity index (χ1v) is 4.72. The standard InChI is InChI=1S/C11H9NO2/c13-6-7-1-4-9-10(5-7)14-11(12-9)8-2-3-8/h1,4-6,8H,2-3H2. The first kappa shape index (κ1) is 7.74. The molecule has 3 nitrogen and oxygen atoms in total. The Balaban J connectivity index is 2.17. The second-order valence-corrected chi connectivity index (χ2v) is 3.67. The number of oxazole rings is 1. The van der Waals surface area contributed by atoms with Crippen LogP contribution in [0.3, 0.4) is 0 Å². The SMILES string of the molecule is O=Cc1ccc2nc(C3CC3)oc2c1. The Hall–Kier alpha value is -1.64. The lowest BCUT2D eigenvalue weighted by molar-refractivity contribution is 0.112. The van der Waals surface area contributed by atoms with Crippen LogP contribution in [0, 0.1) is 0 Å². The van der Waals surface area contributed by atoms with Gasteiger partial charge in [-0.2, -0.15) is 0 Å². The number of aromatic nitrogens is 1. The van der Waals surface area contributed by atoms with Gasteiger partial charge in [0.2, 0.25) is 0 Å². The minimum atomic E-state index is 0.516. The first-order chi connectivity index (χ1) is 6.86.